The number of amides is 1. The summed E-state index contributed by atoms with van der Waals surface area (Å²) in [5, 5.41) is 1.17. The number of morpholine rings is 1. The number of nitrogens with zero attached hydrogens (tertiary/aromatic N) is 3. The van der Waals surface area contributed by atoms with Crippen molar-refractivity contribution < 1.29 is 13.9 Å². The highest BCUT2D eigenvalue weighted by atomic mass is 35.5. The standard InChI is InChI=1S/C22H23ClFN3O2S.ClH/c23-18-5-2-1-4-16(18)14-21(28)27(9-3-8-26-10-12-29-13-11-26)22-25-19-7-6-17(24)15-20(19)30-22;/h1-2,4-7,15H,3,8-14H2;1H. The van der Waals surface area contributed by atoms with Crippen molar-refractivity contribution in [2.24, 2.45) is 0 Å². The molecule has 31 heavy (non-hydrogen) atoms. The van der Waals surface area contributed by atoms with Gasteiger partial charge in [-0.2, -0.15) is 0 Å². The maximum Gasteiger partial charge on any atom is 0.233 e. The lowest BCUT2D eigenvalue weighted by Gasteiger charge is -2.27. The number of anilines is 1. The summed E-state index contributed by atoms with van der Waals surface area (Å²) in [7, 11) is 0. The van der Waals surface area contributed by atoms with Crippen LogP contribution in [0.25, 0.3) is 10.2 Å². The maximum atomic E-state index is 13.6. The SMILES string of the molecule is Cl.O=C(Cc1ccccc1Cl)N(CCCN1CCOCC1)c1nc2ccc(F)cc2s1. The second-order valence-corrected chi connectivity index (χ2v) is 8.65. The molecule has 0 spiro atoms. The quantitative estimate of drug-likeness (QED) is 0.483. The summed E-state index contributed by atoms with van der Waals surface area (Å²) < 4.78 is 19.7. The normalized spacial score (nSPS) is 14.4. The molecule has 2 aromatic carbocycles. The number of carbonyl (C=O) groups excluding carboxylic acids is 1. The molecule has 1 aromatic heterocycles. The third-order valence-corrected chi connectivity index (χ3v) is 6.54. The highest BCUT2D eigenvalue weighted by Gasteiger charge is 2.21. The van der Waals surface area contributed by atoms with E-state index >= 15 is 0 Å². The molecule has 2 heterocycles. The first-order valence-corrected chi connectivity index (χ1v) is 11.2. The fourth-order valence-electron chi connectivity index (χ4n) is 3.51. The largest absolute Gasteiger partial charge is 0.379 e. The number of ether oxygens (including phenoxy) is 1. The first-order valence-electron chi connectivity index (χ1n) is 10.00. The Morgan fingerprint density at radius 1 is 1.23 bits per heavy atom. The lowest BCUT2D eigenvalue weighted by molar-refractivity contribution is -0.118. The predicted octanol–water partition coefficient (Wildman–Crippen LogP) is 4.81. The lowest BCUT2D eigenvalue weighted by atomic mass is 10.1. The van der Waals surface area contributed by atoms with Gasteiger partial charge in [0, 0.05) is 31.2 Å². The van der Waals surface area contributed by atoms with Crippen LogP contribution in [0.1, 0.15) is 12.0 Å². The van der Waals surface area contributed by atoms with Gasteiger partial charge in [-0.15, -0.1) is 12.4 Å². The molecule has 0 radical (unpaired) electrons. The molecule has 0 aliphatic carbocycles. The Hall–Kier alpha value is -1.77. The van der Waals surface area contributed by atoms with Crippen LogP contribution in [0.2, 0.25) is 5.02 Å². The molecule has 3 aromatic rings. The van der Waals surface area contributed by atoms with Crippen LogP contribution >= 0.6 is 35.3 Å². The monoisotopic (exact) mass is 483 g/mol. The average Bonchev–Trinajstić information content (AvgIpc) is 3.16. The smallest absolute Gasteiger partial charge is 0.233 e. The van der Waals surface area contributed by atoms with Crippen molar-refractivity contribution in [3.05, 3.63) is 58.9 Å². The number of rotatable bonds is 7. The number of thiazole rings is 1. The van der Waals surface area contributed by atoms with Gasteiger partial charge < -0.3 is 4.74 Å². The minimum absolute atomic E-state index is 0. The number of halogens is 3. The van der Waals surface area contributed by atoms with Crippen LogP contribution in [0.5, 0.6) is 0 Å². The van der Waals surface area contributed by atoms with Crippen LogP contribution in [0.4, 0.5) is 9.52 Å². The van der Waals surface area contributed by atoms with Gasteiger partial charge in [0.25, 0.3) is 0 Å². The number of fused-ring (bicyclic) bond motifs is 1. The number of hydrogen-bond donors (Lipinski definition) is 0. The number of hydrogen-bond acceptors (Lipinski definition) is 5. The van der Waals surface area contributed by atoms with Crippen LogP contribution in [0.15, 0.2) is 42.5 Å². The topological polar surface area (TPSA) is 45.7 Å². The highest BCUT2D eigenvalue weighted by Crippen LogP contribution is 2.30. The molecule has 5 nitrogen and oxygen atoms in total. The van der Waals surface area contributed by atoms with Gasteiger partial charge >= 0.3 is 0 Å². The molecule has 1 saturated heterocycles. The Balaban J connectivity index is 0.00000272. The minimum atomic E-state index is -0.307. The Labute approximate surface area is 196 Å². The lowest BCUT2D eigenvalue weighted by Crippen LogP contribution is -2.39. The van der Waals surface area contributed by atoms with E-state index in [0.717, 1.165) is 49.5 Å². The molecular weight excluding hydrogens is 460 g/mol. The van der Waals surface area contributed by atoms with Gasteiger partial charge in [0.05, 0.1) is 29.9 Å². The van der Waals surface area contributed by atoms with E-state index < -0.39 is 0 Å². The molecule has 4 rings (SSSR count). The summed E-state index contributed by atoms with van der Waals surface area (Å²) in [4.78, 5) is 21.9. The second-order valence-electron chi connectivity index (χ2n) is 7.23. The van der Waals surface area contributed by atoms with E-state index in [-0.39, 0.29) is 30.6 Å². The maximum absolute atomic E-state index is 13.6. The van der Waals surface area contributed by atoms with Crippen LogP contribution in [0.3, 0.4) is 0 Å². The van der Waals surface area contributed by atoms with Crippen molar-refractivity contribution in [2.45, 2.75) is 12.8 Å². The van der Waals surface area contributed by atoms with Crippen LogP contribution in [-0.2, 0) is 16.0 Å². The van der Waals surface area contributed by atoms with Crippen molar-refractivity contribution in [3.8, 4) is 0 Å². The molecule has 1 aliphatic heterocycles. The van der Waals surface area contributed by atoms with E-state index in [9.17, 15) is 9.18 Å². The molecule has 0 unspecified atom stereocenters. The molecule has 1 fully saturated rings. The number of carbonyl (C=O) groups is 1. The molecular formula is C22H24Cl2FN3O2S. The molecule has 0 N–H and O–H groups in total. The van der Waals surface area contributed by atoms with E-state index in [4.69, 9.17) is 16.3 Å². The number of benzene rings is 2. The second kappa shape index (κ2) is 11.2. The van der Waals surface area contributed by atoms with E-state index in [0.29, 0.717) is 22.2 Å². The summed E-state index contributed by atoms with van der Waals surface area (Å²) >= 11 is 7.60. The first-order chi connectivity index (χ1) is 14.6. The average molecular weight is 484 g/mol. The van der Waals surface area contributed by atoms with Crippen molar-refractivity contribution in [2.75, 3.05) is 44.3 Å². The van der Waals surface area contributed by atoms with E-state index in [1.165, 1.54) is 23.5 Å². The van der Waals surface area contributed by atoms with Crippen molar-refractivity contribution in [3.63, 3.8) is 0 Å². The van der Waals surface area contributed by atoms with Gasteiger partial charge in [-0.05, 0) is 36.2 Å². The van der Waals surface area contributed by atoms with Gasteiger partial charge in [0.15, 0.2) is 5.13 Å². The predicted molar refractivity (Wildman–Crippen MR) is 126 cm³/mol. The molecule has 0 atom stereocenters. The van der Waals surface area contributed by atoms with Gasteiger partial charge in [-0.3, -0.25) is 14.6 Å². The van der Waals surface area contributed by atoms with Crippen molar-refractivity contribution in [1.29, 1.82) is 0 Å². The number of aromatic nitrogens is 1. The van der Waals surface area contributed by atoms with Gasteiger partial charge in [-0.1, -0.05) is 41.1 Å². The van der Waals surface area contributed by atoms with Crippen molar-refractivity contribution >= 4 is 56.6 Å². The Morgan fingerprint density at radius 3 is 2.77 bits per heavy atom. The van der Waals surface area contributed by atoms with Gasteiger partial charge in [0.1, 0.15) is 5.82 Å². The van der Waals surface area contributed by atoms with E-state index in [1.54, 1.807) is 17.0 Å². The zero-order chi connectivity index (χ0) is 20.9. The third kappa shape index (κ3) is 6.14. The summed E-state index contributed by atoms with van der Waals surface area (Å²) in [6.07, 6.45) is 1.01. The Morgan fingerprint density at radius 2 is 2.00 bits per heavy atom. The fourth-order valence-corrected chi connectivity index (χ4v) is 4.74. The summed E-state index contributed by atoms with van der Waals surface area (Å²) in [5.41, 5.74) is 1.48. The van der Waals surface area contributed by atoms with Gasteiger partial charge in [-0.25, -0.2) is 9.37 Å². The van der Waals surface area contributed by atoms with Crippen LogP contribution < -0.4 is 4.90 Å². The van der Waals surface area contributed by atoms with Crippen LogP contribution in [-0.4, -0.2) is 55.2 Å². The molecule has 0 saturated carbocycles. The summed E-state index contributed by atoms with van der Waals surface area (Å²) in [6, 6.07) is 11.9. The van der Waals surface area contributed by atoms with Crippen LogP contribution in [0, 0.1) is 5.82 Å². The molecule has 166 valence electrons. The minimum Gasteiger partial charge on any atom is -0.379 e. The molecule has 1 amide bonds. The first kappa shape index (κ1) is 23.9. The summed E-state index contributed by atoms with van der Waals surface area (Å²) in [5.74, 6) is -0.372. The summed E-state index contributed by atoms with van der Waals surface area (Å²) in [6.45, 7) is 4.75. The zero-order valence-corrected chi connectivity index (χ0v) is 19.3. The van der Waals surface area contributed by atoms with E-state index in [2.05, 4.69) is 9.88 Å². The van der Waals surface area contributed by atoms with E-state index in [1.807, 2.05) is 18.2 Å². The molecule has 9 heteroatoms. The molecule has 0 bridgehead atoms. The highest BCUT2D eigenvalue weighted by molar-refractivity contribution is 7.22. The van der Waals surface area contributed by atoms with Gasteiger partial charge in [0.2, 0.25) is 5.91 Å². The molecule has 1 aliphatic rings. The fraction of sp³-hybridized carbons (Fsp3) is 0.364. The Kier molecular flexibility index (Phi) is 8.63. The Bertz CT molecular complexity index is 1030. The third-order valence-electron chi connectivity index (χ3n) is 5.13. The zero-order valence-electron chi connectivity index (χ0n) is 16.9. The van der Waals surface area contributed by atoms with Crippen molar-refractivity contribution in [1.82, 2.24) is 9.88 Å².